The largest absolute Gasteiger partial charge is 0.385 e. The first kappa shape index (κ1) is 11.0. The van der Waals surface area contributed by atoms with Crippen LogP contribution in [0.25, 0.3) is 0 Å². The molecule has 82 valence electrons. The quantitative estimate of drug-likeness (QED) is 0.841. The third kappa shape index (κ3) is 2.75. The lowest BCUT2D eigenvalue weighted by molar-refractivity contribution is 0.190. The zero-order valence-electron chi connectivity index (χ0n) is 8.72. The smallest absolute Gasteiger partial charge is 0.0587 e. The van der Waals surface area contributed by atoms with Crippen molar-refractivity contribution < 1.29 is 4.74 Å². The summed E-state index contributed by atoms with van der Waals surface area (Å²) >= 11 is 2.33. The second kappa shape index (κ2) is 5.03. The van der Waals surface area contributed by atoms with Gasteiger partial charge in [0.25, 0.3) is 0 Å². The first-order valence-corrected chi connectivity index (χ1v) is 6.16. The summed E-state index contributed by atoms with van der Waals surface area (Å²) in [7, 11) is 1.74. The molecule has 1 aromatic carbocycles. The molecule has 0 bridgehead atoms. The molecule has 0 saturated carbocycles. The molecule has 2 N–H and O–H groups in total. The van der Waals surface area contributed by atoms with Crippen molar-refractivity contribution in [2.24, 2.45) is 0 Å². The second-order valence-electron chi connectivity index (χ2n) is 3.69. The molecule has 1 aliphatic rings. The van der Waals surface area contributed by atoms with Gasteiger partial charge in [-0.25, -0.2) is 0 Å². The summed E-state index contributed by atoms with van der Waals surface area (Å²) < 4.78 is 6.34. The van der Waals surface area contributed by atoms with E-state index in [1.165, 1.54) is 14.9 Å². The van der Waals surface area contributed by atoms with E-state index in [1.807, 2.05) is 0 Å². The SMILES string of the molecule is COCCC1CNc2cc(I)ccc2N1. The Bertz CT molecular complexity index is 343. The molecule has 1 heterocycles. The third-order valence-corrected chi connectivity index (χ3v) is 3.22. The minimum atomic E-state index is 0.470. The van der Waals surface area contributed by atoms with E-state index in [0.717, 1.165) is 19.6 Å². The number of rotatable bonds is 3. The molecule has 0 fully saturated rings. The van der Waals surface area contributed by atoms with Gasteiger partial charge in [0.1, 0.15) is 0 Å². The van der Waals surface area contributed by atoms with Gasteiger partial charge in [-0.3, -0.25) is 0 Å². The van der Waals surface area contributed by atoms with E-state index < -0.39 is 0 Å². The Kier molecular flexibility index (Phi) is 3.69. The lowest BCUT2D eigenvalue weighted by Crippen LogP contribution is -2.33. The van der Waals surface area contributed by atoms with Crippen LogP contribution in [0.5, 0.6) is 0 Å². The summed E-state index contributed by atoms with van der Waals surface area (Å²) in [5.41, 5.74) is 2.40. The first-order valence-electron chi connectivity index (χ1n) is 5.08. The van der Waals surface area contributed by atoms with E-state index in [2.05, 4.69) is 51.4 Å². The highest BCUT2D eigenvalue weighted by molar-refractivity contribution is 14.1. The number of fused-ring (bicyclic) bond motifs is 1. The van der Waals surface area contributed by atoms with Crippen LogP contribution in [0, 0.1) is 3.57 Å². The maximum atomic E-state index is 5.08. The van der Waals surface area contributed by atoms with Gasteiger partial charge in [-0.1, -0.05) is 0 Å². The highest BCUT2D eigenvalue weighted by Crippen LogP contribution is 2.28. The van der Waals surface area contributed by atoms with Gasteiger partial charge >= 0.3 is 0 Å². The van der Waals surface area contributed by atoms with Gasteiger partial charge in [-0.05, 0) is 47.2 Å². The van der Waals surface area contributed by atoms with Crippen LogP contribution >= 0.6 is 22.6 Å². The molecule has 4 heteroatoms. The standard InChI is InChI=1S/C11H15IN2O/c1-15-5-4-9-7-13-11-6-8(12)2-3-10(11)14-9/h2-3,6,9,13-14H,4-5,7H2,1H3. The molecule has 1 atom stereocenters. The van der Waals surface area contributed by atoms with Crippen LogP contribution in [0.15, 0.2) is 18.2 Å². The van der Waals surface area contributed by atoms with Crippen molar-refractivity contribution >= 4 is 34.0 Å². The predicted molar refractivity (Wildman–Crippen MR) is 71.6 cm³/mol. The molecule has 0 aliphatic carbocycles. The normalized spacial score (nSPS) is 18.9. The van der Waals surface area contributed by atoms with Crippen molar-refractivity contribution in [1.29, 1.82) is 0 Å². The Morgan fingerprint density at radius 2 is 2.33 bits per heavy atom. The van der Waals surface area contributed by atoms with Crippen molar-refractivity contribution in [1.82, 2.24) is 0 Å². The fourth-order valence-corrected chi connectivity index (χ4v) is 2.22. The molecule has 2 rings (SSSR count). The highest BCUT2D eigenvalue weighted by atomic mass is 127. The van der Waals surface area contributed by atoms with Gasteiger partial charge in [-0.2, -0.15) is 0 Å². The summed E-state index contributed by atoms with van der Waals surface area (Å²) in [6.45, 7) is 1.77. The van der Waals surface area contributed by atoms with Crippen molar-refractivity contribution in [3.05, 3.63) is 21.8 Å². The van der Waals surface area contributed by atoms with Crippen LogP contribution in [0.2, 0.25) is 0 Å². The number of nitrogens with one attached hydrogen (secondary N) is 2. The van der Waals surface area contributed by atoms with Crippen LogP contribution in [-0.2, 0) is 4.74 Å². The van der Waals surface area contributed by atoms with Crippen molar-refractivity contribution in [3.8, 4) is 0 Å². The number of ether oxygens (including phenoxy) is 1. The summed E-state index contributed by atoms with van der Waals surface area (Å²) in [6.07, 6.45) is 1.04. The van der Waals surface area contributed by atoms with Crippen LogP contribution in [0.1, 0.15) is 6.42 Å². The van der Waals surface area contributed by atoms with E-state index in [4.69, 9.17) is 4.74 Å². The monoisotopic (exact) mass is 318 g/mol. The van der Waals surface area contributed by atoms with Gasteiger partial charge in [0.15, 0.2) is 0 Å². The zero-order chi connectivity index (χ0) is 10.7. The second-order valence-corrected chi connectivity index (χ2v) is 4.94. The number of hydrogen-bond donors (Lipinski definition) is 2. The summed E-state index contributed by atoms with van der Waals surface area (Å²) in [5, 5.41) is 6.95. The lowest BCUT2D eigenvalue weighted by Gasteiger charge is -2.28. The van der Waals surface area contributed by atoms with Gasteiger partial charge in [-0.15, -0.1) is 0 Å². The van der Waals surface area contributed by atoms with E-state index >= 15 is 0 Å². The Hall–Kier alpha value is -0.490. The topological polar surface area (TPSA) is 33.3 Å². The Labute approximate surface area is 104 Å². The van der Waals surface area contributed by atoms with Crippen molar-refractivity contribution in [2.45, 2.75) is 12.5 Å². The number of anilines is 2. The average Bonchev–Trinajstić information content (AvgIpc) is 2.26. The fraction of sp³-hybridized carbons (Fsp3) is 0.455. The Balaban J connectivity index is 2.03. The third-order valence-electron chi connectivity index (χ3n) is 2.55. The summed E-state index contributed by atoms with van der Waals surface area (Å²) in [4.78, 5) is 0. The molecule has 0 saturated heterocycles. The molecule has 15 heavy (non-hydrogen) atoms. The van der Waals surface area contributed by atoms with E-state index in [-0.39, 0.29) is 0 Å². The van der Waals surface area contributed by atoms with Gasteiger partial charge < -0.3 is 15.4 Å². The van der Waals surface area contributed by atoms with Crippen LogP contribution in [-0.4, -0.2) is 26.3 Å². The van der Waals surface area contributed by atoms with E-state index in [1.54, 1.807) is 7.11 Å². The van der Waals surface area contributed by atoms with E-state index in [9.17, 15) is 0 Å². The Morgan fingerprint density at radius 1 is 1.47 bits per heavy atom. The van der Waals surface area contributed by atoms with E-state index in [0.29, 0.717) is 6.04 Å². The molecule has 1 aliphatic heterocycles. The van der Waals surface area contributed by atoms with Gasteiger partial charge in [0, 0.05) is 29.9 Å². The van der Waals surface area contributed by atoms with Crippen LogP contribution in [0.3, 0.4) is 0 Å². The predicted octanol–water partition coefficient (Wildman–Crippen LogP) is 2.53. The first-order chi connectivity index (χ1) is 7.29. The average molecular weight is 318 g/mol. The highest BCUT2D eigenvalue weighted by Gasteiger charge is 2.16. The van der Waals surface area contributed by atoms with Crippen LogP contribution in [0.4, 0.5) is 11.4 Å². The maximum Gasteiger partial charge on any atom is 0.0587 e. The molecule has 0 radical (unpaired) electrons. The molecule has 0 spiro atoms. The fourth-order valence-electron chi connectivity index (χ4n) is 1.73. The van der Waals surface area contributed by atoms with Crippen LogP contribution < -0.4 is 10.6 Å². The minimum absolute atomic E-state index is 0.470. The minimum Gasteiger partial charge on any atom is -0.385 e. The molecular weight excluding hydrogens is 303 g/mol. The number of halogens is 1. The number of methoxy groups -OCH3 is 1. The lowest BCUT2D eigenvalue weighted by atomic mass is 10.1. The van der Waals surface area contributed by atoms with Gasteiger partial charge in [0.2, 0.25) is 0 Å². The number of benzene rings is 1. The molecule has 0 amide bonds. The maximum absolute atomic E-state index is 5.08. The molecule has 0 aromatic heterocycles. The molecule has 1 aromatic rings. The van der Waals surface area contributed by atoms with Crippen molar-refractivity contribution in [3.63, 3.8) is 0 Å². The summed E-state index contributed by atoms with van der Waals surface area (Å²) in [6, 6.07) is 6.88. The molecule has 3 nitrogen and oxygen atoms in total. The van der Waals surface area contributed by atoms with Crippen molar-refractivity contribution in [2.75, 3.05) is 30.9 Å². The van der Waals surface area contributed by atoms with Gasteiger partial charge in [0.05, 0.1) is 11.4 Å². The summed E-state index contributed by atoms with van der Waals surface area (Å²) in [5.74, 6) is 0. The number of hydrogen-bond acceptors (Lipinski definition) is 3. The molecule has 1 unspecified atom stereocenters. The molecular formula is C11H15IN2O. The zero-order valence-corrected chi connectivity index (χ0v) is 10.9. The Morgan fingerprint density at radius 3 is 3.13 bits per heavy atom.